The van der Waals surface area contributed by atoms with Crippen molar-refractivity contribution in [3.05, 3.63) is 46.9 Å². The number of hydrogen-bond acceptors (Lipinski definition) is 6. The second kappa shape index (κ2) is 7.59. The van der Waals surface area contributed by atoms with Gasteiger partial charge in [-0.15, -0.1) is 0 Å². The molecule has 26 heavy (non-hydrogen) atoms. The van der Waals surface area contributed by atoms with E-state index in [-0.39, 0.29) is 29.9 Å². The largest absolute Gasteiger partial charge is 0.460 e. The number of benzene rings is 1. The van der Waals surface area contributed by atoms with Gasteiger partial charge in [0.05, 0.1) is 29.2 Å². The van der Waals surface area contributed by atoms with Crippen LogP contribution in [-0.2, 0) is 19.1 Å². The number of hydrogen-bond donors (Lipinski definition) is 0. The summed E-state index contributed by atoms with van der Waals surface area (Å²) in [6.07, 6.45) is 0. The van der Waals surface area contributed by atoms with Gasteiger partial charge in [-0.3, -0.25) is 9.69 Å². The molecule has 2 heterocycles. The van der Waals surface area contributed by atoms with E-state index >= 15 is 0 Å². The van der Waals surface area contributed by atoms with E-state index in [1.807, 2.05) is 0 Å². The maximum Gasteiger partial charge on any atom is 0.338 e. The Labute approximate surface area is 155 Å². The third kappa shape index (κ3) is 3.39. The molecule has 0 radical (unpaired) electrons. The van der Waals surface area contributed by atoms with Crippen molar-refractivity contribution in [3.8, 4) is 0 Å². The summed E-state index contributed by atoms with van der Waals surface area (Å²) in [6.45, 7) is 3.81. The third-order valence-corrected chi connectivity index (χ3v) is 5.22. The fourth-order valence-electron chi connectivity index (χ4n) is 2.95. The molecule has 138 valence electrons. The summed E-state index contributed by atoms with van der Waals surface area (Å²) in [4.78, 5) is 31.2. The van der Waals surface area contributed by atoms with Gasteiger partial charge in [-0.2, -0.15) is 0 Å². The van der Waals surface area contributed by atoms with E-state index in [4.69, 9.17) is 9.47 Å². The molecule has 1 aromatic carbocycles. The number of aliphatic imine (C=N–C) groups is 1. The van der Waals surface area contributed by atoms with Crippen molar-refractivity contribution in [2.24, 2.45) is 4.99 Å². The highest BCUT2D eigenvalue weighted by Crippen LogP contribution is 2.43. The van der Waals surface area contributed by atoms with Crippen molar-refractivity contribution in [1.82, 2.24) is 4.90 Å². The molecule has 0 bridgehead atoms. The van der Waals surface area contributed by atoms with Crippen LogP contribution in [0.25, 0.3) is 0 Å². The first kappa shape index (κ1) is 18.6. The van der Waals surface area contributed by atoms with Gasteiger partial charge >= 0.3 is 5.97 Å². The average molecular weight is 378 g/mol. The van der Waals surface area contributed by atoms with Gasteiger partial charge < -0.3 is 9.47 Å². The van der Waals surface area contributed by atoms with Crippen LogP contribution in [-0.4, -0.2) is 47.5 Å². The Hall–Kier alpha value is -2.19. The van der Waals surface area contributed by atoms with Gasteiger partial charge in [0.2, 0.25) is 5.91 Å². The summed E-state index contributed by atoms with van der Waals surface area (Å²) in [5.41, 5.74) is 1.19. The zero-order valence-corrected chi connectivity index (χ0v) is 15.5. The smallest absolute Gasteiger partial charge is 0.338 e. The highest BCUT2D eigenvalue weighted by Gasteiger charge is 2.46. The van der Waals surface area contributed by atoms with Crippen LogP contribution >= 0.6 is 11.8 Å². The number of fused-ring (bicyclic) bond motifs is 1. The van der Waals surface area contributed by atoms with Crippen LogP contribution in [0.15, 0.2) is 40.5 Å². The first-order chi connectivity index (χ1) is 12.4. The van der Waals surface area contributed by atoms with Crippen molar-refractivity contribution in [3.63, 3.8) is 0 Å². The molecule has 2 aliphatic heterocycles. The number of ether oxygens (including phenoxy) is 2. The summed E-state index contributed by atoms with van der Waals surface area (Å²) in [6, 6.07) is 5.12. The predicted octanol–water partition coefficient (Wildman–Crippen LogP) is 2.66. The van der Waals surface area contributed by atoms with Crippen LogP contribution in [0.5, 0.6) is 0 Å². The second-order valence-corrected chi connectivity index (χ2v) is 7.26. The molecule has 3 rings (SSSR count). The Balaban J connectivity index is 2.05. The zero-order chi connectivity index (χ0) is 18.8. The number of carbonyl (C=O) groups excluding carboxylic acids is 2. The number of thioether (sulfide) groups is 1. The highest BCUT2D eigenvalue weighted by atomic mass is 32.2. The van der Waals surface area contributed by atoms with Crippen molar-refractivity contribution in [2.75, 3.05) is 20.3 Å². The topological polar surface area (TPSA) is 68.2 Å². The van der Waals surface area contributed by atoms with E-state index in [1.54, 1.807) is 26.0 Å². The van der Waals surface area contributed by atoms with Gasteiger partial charge in [-0.1, -0.05) is 23.9 Å². The van der Waals surface area contributed by atoms with Gasteiger partial charge in [0.25, 0.3) is 0 Å². The van der Waals surface area contributed by atoms with Gasteiger partial charge in [-0.25, -0.2) is 14.2 Å². The third-order valence-electron chi connectivity index (χ3n) is 4.16. The highest BCUT2D eigenvalue weighted by molar-refractivity contribution is 8.15. The number of nitrogens with zero attached hydrogens (tertiary/aromatic N) is 2. The van der Waals surface area contributed by atoms with Crippen LogP contribution in [0.1, 0.15) is 25.5 Å². The van der Waals surface area contributed by atoms with Gasteiger partial charge in [0.1, 0.15) is 12.4 Å². The number of amides is 1. The number of esters is 1. The Morgan fingerprint density at radius 1 is 1.38 bits per heavy atom. The van der Waals surface area contributed by atoms with E-state index in [0.717, 1.165) is 0 Å². The maximum absolute atomic E-state index is 13.8. The molecule has 0 aliphatic carbocycles. The van der Waals surface area contributed by atoms with Gasteiger partial charge in [0.15, 0.2) is 5.17 Å². The van der Waals surface area contributed by atoms with E-state index in [9.17, 15) is 14.0 Å². The minimum atomic E-state index is -0.766. The standard InChI is InChI=1S/C18H19FN2O4S/c1-10-14(17(23)25-8-7-24-3)15(12-5-4-6-13(19)9-12)21-16(22)11(2)26-18(21)20-10/h4-6,9,11,15H,7-8H2,1-3H3/t11-,15+/m1/s1. The summed E-state index contributed by atoms with van der Waals surface area (Å²) in [5, 5.41) is 0.198. The van der Waals surface area contributed by atoms with Crippen molar-refractivity contribution >= 4 is 28.8 Å². The zero-order valence-electron chi connectivity index (χ0n) is 14.7. The Bertz CT molecular complexity index is 808. The Morgan fingerprint density at radius 2 is 2.15 bits per heavy atom. The molecule has 1 amide bonds. The lowest BCUT2D eigenvalue weighted by atomic mass is 9.94. The number of carbonyl (C=O) groups is 2. The molecular formula is C18H19FN2O4S. The minimum absolute atomic E-state index is 0.0810. The van der Waals surface area contributed by atoms with E-state index in [2.05, 4.69) is 4.99 Å². The molecule has 0 saturated carbocycles. The van der Waals surface area contributed by atoms with Crippen molar-refractivity contribution < 1.29 is 23.5 Å². The van der Waals surface area contributed by atoms with Crippen molar-refractivity contribution in [1.29, 1.82) is 0 Å². The molecule has 1 aromatic rings. The summed E-state index contributed by atoms with van der Waals surface area (Å²) in [7, 11) is 1.51. The van der Waals surface area contributed by atoms with E-state index < -0.39 is 17.8 Å². The van der Waals surface area contributed by atoms with E-state index in [0.29, 0.717) is 16.4 Å². The van der Waals surface area contributed by atoms with Crippen LogP contribution in [0.2, 0.25) is 0 Å². The lowest BCUT2D eigenvalue weighted by Gasteiger charge is -2.33. The molecule has 0 N–H and O–H groups in total. The maximum atomic E-state index is 13.8. The first-order valence-electron chi connectivity index (χ1n) is 8.14. The molecule has 1 fully saturated rings. The van der Waals surface area contributed by atoms with Crippen LogP contribution < -0.4 is 0 Å². The van der Waals surface area contributed by atoms with Gasteiger partial charge in [-0.05, 0) is 31.5 Å². The number of amidine groups is 1. The SMILES string of the molecule is COCCOC(=O)C1=C(C)N=C2S[C@H](C)C(=O)N2[C@H]1c1cccc(F)c1. The van der Waals surface area contributed by atoms with Crippen LogP contribution in [0.3, 0.4) is 0 Å². The molecule has 8 heteroatoms. The molecule has 0 unspecified atom stereocenters. The second-order valence-electron chi connectivity index (χ2n) is 5.95. The van der Waals surface area contributed by atoms with Gasteiger partial charge in [0, 0.05) is 7.11 Å². The molecule has 0 spiro atoms. The monoisotopic (exact) mass is 378 g/mol. The van der Waals surface area contributed by atoms with Crippen LogP contribution in [0.4, 0.5) is 4.39 Å². The number of allylic oxidation sites excluding steroid dienone is 1. The van der Waals surface area contributed by atoms with Crippen molar-refractivity contribution in [2.45, 2.75) is 25.1 Å². The Kier molecular flexibility index (Phi) is 5.43. The Morgan fingerprint density at radius 3 is 2.85 bits per heavy atom. The molecular weight excluding hydrogens is 359 g/mol. The molecule has 2 atom stereocenters. The fraction of sp³-hybridized carbons (Fsp3) is 0.389. The fourth-order valence-corrected chi connectivity index (χ4v) is 3.98. The summed E-state index contributed by atoms with van der Waals surface area (Å²) >= 11 is 1.33. The molecule has 6 nitrogen and oxygen atoms in total. The number of halogens is 1. The number of rotatable bonds is 5. The molecule has 1 saturated heterocycles. The normalized spacial score (nSPS) is 22.4. The lowest BCUT2D eigenvalue weighted by molar-refractivity contribution is -0.141. The first-order valence-corrected chi connectivity index (χ1v) is 9.02. The van der Waals surface area contributed by atoms with Crippen LogP contribution in [0, 0.1) is 5.82 Å². The quantitative estimate of drug-likeness (QED) is 0.582. The summed E-state index contributed by atoms with van der Waals surface area (Å²) in [5.74, 6) is -1.20. The molecule has 2 aliphatic rings. The molecule has 0 aromatic heterocycles. The predicted molar refractivity (Wildman–Crippen MR) is 96.0 cm³/mol. The number of methoxy groups -OCH3 is 1. The lowest BCUT2D eigenvalue weighted by Crippen LogP contribution is -2.40. The van der Waals surface area contributed by atoms with E-state index in [1.165, 1.54) is 35.9 Å². The summed E-state index contributed by atoms with van der Waals surface area (Å²) < 4.78 is 24.0. The average Bonchev–Trinajstić information content (AvgIpc) is 2.87. The minimum Gasteiger partial charge on any atom is -0.460 e.